The molecule has 7 nitrogen and oxygen atoms in total. The third-order valence-corrected chi connectivity index (χ3v) is 5.28. The number of benzene rings is 2. The van der Waals surface area contributed by atoms with Crippen molar-refractivity contribution in [3.05, 3.63) is 52.3 Å². The SMILES string of the molecule is CCOC(=O)COc1cc(S(C)(=O)=O)ccc1NC(=O)Cc1ccc(Br)cc1F. The molecule has 0 aliphatic rings. The van der Waals surface area contributed by atoms with Crippen LogP contribution >= 0.6 is 15.9 Å². The summed E-state index contributed by atoms with van der Waals surface area (Å²) in [6.45, 7) is 1.33. The Morgan fingerprint density at radius 3 is 2.52 bits per heavy atom. The molecular formula is C19H19BrFNO6S. The summed E-state index contributed by atoms with van der Waals surface area (Å²) < 4.78 is 48.2. The van der Waals surface area contributed by atoms with Crippen molar-refractivity contribution < 1.29 is 31.9 Å². The van der Waals surface area contributed by atoms with E-state index in [1.54, 1.807) is 13.0 Å². The maximum absolute atomic E-state index is 13.9. The molecule has 2 aromatic rings. The van der Waals surface area contributed by atoms with Crippen LogP contribution in [0.3, 0.4) is 0 Å². The number of ether oxygens (including phenoxy) is 2. The summed E-state index contributed by atoms with van der Waals surface area (Å²) in [7, 11) is -3.54. The van der Waals surface area contributed by atoms with Gasteiger partial charge in [0.15, 0.2) is 16.4 Å². The maximum Gasteiger partial charge on any atom is 0.344 e. The Labute approximate surface area is 176 Å². The lowest BCUT2D eigenvalue weighted by atomic mass is 10.1. The Bertz CT molecular complexity index is 1030. The maximum atomic E-state index is 13.9. The Balaban J connectivity index is 2.22. The molecule has 0 saturated carbocycles. The number of anilines is 1. The summed E-state index contributed by atoms with van der Waals surface area (Å²) in [6.07, 6.45) is 0.774. The predicted octanol–water partition coefficient (Wildman–Crippen LogP) is 3.11. The van der Waals surface area contributed by atoms with E-state index < -0.39 is 34.1 Å². The summed E-state index contributed by atoms with van der Waals surface area (Å²) in [6, 6.07) is 8.17. The molecule has 0 unspecified atom stereocenters. The van der Waals surface area contributed by atoms with Gasteiger partial charge in [-0.1, -0.05) is 22.0 Å². The van der Waals surface area contributed by atoms with Crippen LogP contribution in [0.1, 0.15) is 12.5 Å². The fraction of sp³-hybridized carbons (Fsp3) is 0.263. The van der Waals surface area contributed by atoms with Crippen molar-refractivity contribution in [2.75, 3.05) is 24.8 Å². The van der Waals surface area contributed by atoms with Gasteiger partial charge >= 0.3 is 5.97 Å². The molecule has 2 aromatic carbocycles. The molecule has 0 radical (unpaired) electrons. The van der Waals surface area contributed by atoms with Gasteiger partial charge in [0.05, 0.1) is 23.6 Å². The number of amides is 1. The van der Waals surface area contributed by atoms with Crippen molar-refractivity contribution in [2.24, 2.45) is 0 Å². The van der Waals surface area contributed by atoms with Crippen molar-refractivity contribution >= 4 is 43.3 Å². The standard InChI is InChI=1S/C19H19BrFNO6S/c1-3-27-19(24)11-28-17-10-14(29(2,25)26)6-7-16(17)22-18(23)8-12-4-5-13(20)9-15(12)21/h4-7,9-10H,3,8,11H2,1-2H3,(H,22,23). The Morgan fingerprint density at radius 2 is 1.90 bits per heavy atom. The van der Waals surface area contributed by atoms with Crippen molar-refractivity contribution in [3.63, 3.8) is 0 Å². The van der Waals surface area contributed by atoms with Crippen molar-refractivity contribution in [1.82, 2.24) is 0 Å². The van der Waals surface area contributed by atoms with Gasteiger partial charge in [0.2, 0.25) is 5.91 Å². The molecule has 0 saturated heterocycles. The van der Waals surface area contributed by atoms with Crippen LogP contribution in [0.15, 0.2) is 45.8 Å². The number of sulfone groups is 1. The molecule has 156 valence electrons. The minimum atomic E-state index is -3.54. The first-order valence-corrected chi connectivity index (χ1v) is 11.1. The first-order valence-electron chi connectivity index (χ1n) is 8.46. The quantitative estimate of drug-likeness (QED) is 0.574. The van der Waals surface area contributed by atoms with Crippen molar-refractivity contribution in [1.29, 1.82) is 0 Å². The van der Waals surface area contributed by atoms with Gasteiger partial charge in [-0.2, -0.15) is 0 Å². The Morgan fingerprint density at radius 1 is 1.17 bits per heavy atom. The minimum Gasteiger partial charge on any atom is -0.480 e. The summed E-state index contributed by atoms with van der Waals surface area (Å²) >= 11 is 3.14. The van der Waals surface area contributed by atoms with Crippen LogP contribution in [0.5, 0.6) is 5.75 Å². The third kappa shape index (κ3) is 6.82. The Hall–Kier alpha value is -2.46. The number of carbonyl (C=O) groups excluding carboxylic acids is 2. The van der Waals surface area contributed by atoms with Crippen LogP contribution in [0.25, 0.3) is 0 Å². The van der Waals surface area contributed by atoms with Crippen LogP contribution in [0.2, 0.25) is 0 Å². The van der Waals surface area contributed by atoms with Gasteiger partial charge in [0.1, 0.15) is 11.6 Å². The van der Waals surface area contributed by atoms with Gasteiger partial charge in [-0.15, -0.1) is 0 Å². The van der Waals surface area contributed by atoms with Crippen LogP contribution in [-0.2, 0) is 30.6 Å². The number of hydrogen-bond donors (Lipinski definition) is 1. The lowest BCUT2D eigenvalue weighted by Crippen LogP contribution is -2.18. The van der Waals surface area contributed by atoms with Crippen molar-refractivity contribution in [3.8, 4) is 5.75 Å². The molecule has 1 amide bonds. The van der Waals surface area contributed by atoms with E-state index >= 15 is 0 Å². The summed E-state index contributed by atoms with van der Waals surface area (Å²) in [4.78, 5) is 23.8. The van der Waals surface area contributed by atoms with Crippen LogP contribution in [0, 0.1) is 5.82 Å². The second-order valence-corrected chi connectivity index (χ2v) is 8.92. The highest BCUT2D eigenvalue weighted by molar-refractivity contribution is 9.10. The third-order valence-electron chi connectivity index (χ3n) is 3.67. The van der Waals surface area contributed by atoms with E-state index in [0.29, 0.717) is 4.47 Å². The van der Waals surface area contributed by atoms with E-state index in [4.69, 9.17) is 9.47 Å². The van der Waals surface area contributed by atoms with Gasteiger partial charge in [-0.25, -0.2) is 17.6 Å². The van der Waals surface area contributed by atoms with E-state index in [-0.39, 0.29) is 34.9 Å². The van der Waals surface area contributed by atoms with Gasteiger partial charge in [0, 0.05) is 16.8 Å². The molecule has 0 fully saturated rings. The first-order chi connectivity index (χ1) is 13.6. The molecule has 29 heavy (non-hydrogen) atoms. The fourth-order valence-electron chi connectivity index (χ4n) is 2.33. The smallest absolute Gasteiger partial charge is 0.344 e. The van der Waals surface area contributed by atoms with E-state index in [1.807, 2.05) is 0 Å². The average molecular weight is 488 g/mol. The van der Waals surface area contributed by atoms with Gasteiger partial charge in [-0.3, -0.25) is 4.79 Å². The average Bonchev–Trinajstić information content (AvgIpc) is 2.62. The zero-order chi connectivity index (χ0) is 21.6. The molecule has 2 rings (SSSR count). The predicted molar refractivity (Wildman–Crippen MR) is 108 cm³/mol. The minimum absolute atomic E-state index is 0.0226. The number of nitrogens with one attached hydrogen (secondary N) is 1. The molecule has 0 aliphatic carbocycles. The highest BCUT2D eigenvalue weighted by Crippen LogP contribution is 2.28. The lowest BCUT2D eigenvalue weighted by Gasteiger charge is -2.14. The fourth-order valence-corrected chi connectivity index (χ4v) is 3.30. The number of hydrogen-bond acceptors (Lipinski definition) is 6. The zero-order valence-corrected chi connectivity index (χ0v) is 18.1. The van der Waals surface area contributed by atoms with Crippen molar-refractivity contribution in [2.45, 2.75) is 18.2 Å². The van der Waals surface area contributed by atoms with Crippen LogP contribution < -0.4 is 10.1 Å². The molecule has 0 spiro atoms. The second kappa shape index (κ2) is 9.84. The molecule has 1 N–H and O–H groups in total. The highest BCUT2D eigenvalue weighted by atomic mass is 79.9. The molecule has 10 heteroatoms. The molecule has 0 heterocycles. The molecule has 0 aliphatic heterocycles. The largest absolute Gasteiger partial charge is 0.480 e. The van der Waals surface area contributed by atoms with Gasteiger partial charge in [-0.05, 0) is 36.8 Å². The zero-order valence-electron chi connectivity index (χ0n) is 15.7. The number of halogens is 2. The topological polar surface area (TPSA) is 98.8 Å². The second-order valence-electron chi connectivity index (χ2n) is 5.98. The van der Waals surface area contributed by atoms with E-state index in [9.17, 15) is 22.4 Å². The van der Waals surface area contributed by atoms with E-state index in [0.717, 1.165) is 6.26 Å². The van der Waals surface area contributed by atoms with Crippen LogP contribution in [0.4, 0.5) is 10.1 Å². The summed E-state index contributed by atoms with van der Waals surface area (Å²) in [5.41, 5.74) is 0.330. The normalized spacial score (nSPS) is 11.0. The molecule has 0 aromatic heterocycles. The lowest BCUT2D eigenvalue weighted by molar-refractivity contribution is -0.145. The van der Waals surface area contributed by atoms with Crippen LogP contribution in [-0.4, -0.2) is 39.8 Å². The monoisotopic (exact) mass is 487 g/mol. The number of carbonyl (C=O) groups is 2. The number of rotatable bonds is 8. The molecule has 0 bridgehead atoms. The van der Waals surface area contributed by atoms with Gasteiger partial charge < -0.3 is 14.8 Å². The first kappa shape index (κ1) is 22.8. The summed E-state index contributed by atoms with van der Waals surface area (Å²) in [5, 5.41) is 2.55. The highest BCUT2D eigenvalue weighted by Gasteiger charge is 2.16. The summed E-state index contributed by atoms with van der Waals surface area (Å²) in [5.74, 6) is -1.75. The molecule has 0 atom stereocenters. The Kier molecular flexibility index (Phi) is 7.74. The van der Waals surface area contributed by atoms with Gasteiger partial charge in [0.25, 0.3) is 0 Å². The van der Waals surface area contributed by atoms with E-state index in [1.165, 1.54) is 30.3 Å². The number of esters is 1. The van der Waals surface area contributed by atoms with E-state index in [2.05, 4.69) is 21.2 Å². The molecular weight excluding hydrogens is 469 g/mol.